The molecule has 8 nitrogen and oxygen atoms in total. The maximum absolute atomic E-state index is 13.8. The van der Waals surface area contributed by atoms with Crippen molar-refractivity contribution in [3.05, 3.63) is 87.5 Å². The van der Waals surface area contributed by atoms with E-state index in [1.165, 1.54) is 57.7 Å². The Balaban J connectivity index is 2.30. The normalized spacial score (nSPS) is 12.1. The van der Waals surface area contributed by atoms with Crippen LogP contribution in [0, 0.1) is 17.0 Å². The van der Waals surface area contributed by atoms with Crippen LogP contribution in [0.25, 0.3) is 0 Å². The van der Waals surface area contributed by atoms with Crippen LogP contribution in [0.2, 0.25) is 0 Å². The second kappa shape index (κ2) is 9.27. The summed E-state index contributed by atoms with van der Waals surface area (Å²) < 4.78 is 43.8. The van der Waals surface area contributed by atoms with Crippen LogP contribution >= 0.6 is 0 Å². The quantitative estimate of drug-likeness (QED) is 0.362. The zero-order valence-corrected chi connectivity index (χ0v) is 18.9. The molecule has 0 heterocycles. The number of nitro benzene ring substituents is 1. The SMILES string of the molecule is COc1cc(OC)c(C(c2ccc([N+](=O)[O-])cc2)S(=O)(=O)c2ccc(C)cc2)cc1OC. The molecule has 1 unspecified atom stereocenters. The van der Waals surface area contributed by atoms with E-state index in [2.05, 4.69) is 0 Å². The molecule has 0 aliphatic carbocycles. The van der Waals surface area contributed by atoms with Gasteiger partial charge in [-0.25, -0.2) is 8.42 Å². The highest BCUT2D eigenvalue weighted by atomic mass is 32.2. The second-order valence-electron chi connectivity index (χ2n) is 7.04. The van der Waals surface area contributed by atoms with Gasteiger partial charge in [-0.1, -0.05) is 29.8 Å². The summed E-state index contributed by atoms with van der Waals surface area (Å²) in [5, 5.41) is 9.89. The van der Waals surface area contributed by atoms with Gasteiger partial charge in [-0.15, -0.1) is 0 Å². The van der Waals surface area contributed by atoms with Crippen LogP contribution in [-0.4, -0.2) is 34.7 Å². The molecule has 3 aromatic carbocycles. The highest BCUT2D eigenvalue weighted by Gasteiger charge is 2.34. The molecule has 168 valence electrons. The van der Waals surface area contributed by atoms with Crippen molar-refractivity contribution in [3.8, 4) is 17.2 Å². The van der Waals surface area contributed by atoms with Crippen molar-refractivity contribution < 1.29 is 27.6 Å². The number of rotatable bonds is 8. The lowest BCUT2D eigenvalue weighted by molar-refractivity contribution is -0.384. The monoisotopic (exact) mass is 457 g/mol. The molecule has 3 rings (SSSR count). The smallest absolute Gasteiger partial charge is 0.269 e. The third-order valence-corrected chi connectivity index (χ3v) is 7.16. The van der Waals surface area contributed by atoms with Crippen molar-refractivity contribution in [2.75, 3.05) is 21.3 Å². The predicted octanol–water partition coefficient (Wildman–Crippen LogP) is 4.49. The molecule has 0 spiro atoms. The van der Waals surface area contributed by atoms with Gasteiger partial charge in [0, 0.05) is 23.8 Å². The average Bonchev–Trinajstić information content (AvgIpc) is 2.79. The Morgan fingerprint density at radius 1 is 0.812 bits per heavy atom. The molecule has 0 saturated heterocycles. The van der Waals surface area contributed by atoms with Crippen LogP contribution in [-0.2, 0) is 9.84 Å². The lowest BCUT2D eigenvalue weighted by atomic mass is 10.0. The number of sulfone groups is 1. The molecule has 0 amide bonds. The molecule has 32 heavy (non-hydrogen) atoms. The highest BCUT2D eigenvalue weighted by molar-refractivity contribution is 7.92. The van der Waals surface area contributed by atoms with Gasteiger partial charge in [0.15, 0.2) is 21.3 Å². The number of aryl methyl sites for hydroxylation is 1. The molecule has 0 aliphatic rings. The molecule has 0 saturated carbocycles. The zero-order valence-electron chi connectivity index (χ0n) is 18.1. The number of nitro groups is 1. The summed E-state index contributed by atoms with van der Waals surface area (Å²) in [5.74, 6) is 0.985. The number of benzene rings is 3. The molecular weight excluding hydrogens is 434 g/mol. The van der Waals surface area contributed by atoms with Gasteiger partial charge in [0.25, 0.3) is 5.69 Å². The van der Waals surface area contributed by atoms with E-state index in [0.29, 0.717) is 22.6 Å². The van der Waals surface area contributed by atoms with Crippen molar-refractivity contribution in [3.63, 3.8) is 0 Å². The Labute approximate surface area is 186 Å². The molecular formula is C23H23NO7S. The van der Waals surface area contributed by atoms with E-state index in [1.54, 1.807) is 24.3 Å². The van der Waals surface area contributed by atoms with E-state index in [0.717, 1.165) is 5.56 Å². The van der Waals surface area contributed by atoms with Gasteiger partial charge in [-0.2, -0.15) is 0 Å². The van der Waals surface area contributed by atoms with Gasteiger partial charge >= 0.3 is 0 Å². The van der Waals surface area contributed by atoms with E-state index in [4.69, 9.17) is 14.2 Å². The maximum Gasteiger partial charge on any atom is 0.269 e. The van der Waals surface area contributed by atoms with Crippen LogP contribution in [0.15, 0.2) is 65.6 Å². The van der Waals surface area contributed by atoms with E-state index >= 15 is 0 Å². The number of methoxy groups -OCH3 is 3. The minimum absolute atomic E-state index is 0.114. The van der Waals surface area contributed by atoms with Crippen LogP contribution in [0.5, 0.6) is 17.2 Å². The Morgan fingerprint density at radius 2 is 1.34 bits per heavy atom. The Hall–Kier alpha value is -3.59. The first-order valence-corrected chi connectivity index (χ1v) is 11.1. The lowest BCUT2D eigenvalue weighted by Gasteiger charge is -2.22. The lowest BCUT2D eigenvalue weighted by Crippen LogP contribution is -2.17. The van der Waals surface area contributed by atoms with Crippen LogP contribution in [0.4, 0.5) is 5.69 Å². The second-order valence-corrected chi connectivity index (χ2v) is 9.07. The van der Waals surface area contributed by atoms with Crippen molar-refractivity contribution in [2.45, 2.75) is 17.1 Å². The topological polar surface area (TPSA) is 105 Å². The van der Waals surface area contributed by atoms with Crippen molar-refractivity contribution in [1.82, 2.24) is 0 Å². The fourth-order valence-corrected chi connectivity index (χ4v) is 5.24. The van der Waals surface area contributed by atoms with Gasteiger partial charge < -0.3 is 14.2 Å². The van der Waals surface area contributed by atoms with Crippen molar-refractivity contribution >= 4 is 15.5 Å². The summed E-state index contributed by atoms with van der Waals surface area (Å²) in [4.78, 5) is 10.7. The predicted molar refractivity (Wildman–Crippen MR) is 119 cm³/mol. The Morgan fingerprint density at radius 3 is 1.84 bits per heavy atom. The number of nitrogens with zero attached hydrogens (tertiary/aromatic N) is 1. The summed E-state index contributed by atoms with van der Waals surface area (Å²) in [6, 6.07) is 15.0. The van der Waals surface area contributed by atoms with Crippen molar-refractivity contribution in [1.29, 1.82) is 0 Å². The highest BCUT2D eigenvalue weighted by Crippen LogP contribution is 2.44. The first kappa shape index (κ1) is 23.1. The first-order chi connectivity index (χ1) is 15.2. The first-order valence-electron chi connectivity index (χ1n) is 9.57. The van der Waals surface area contributed by atoms with Crippen LogP contribution < -0.4 is 14.2 Å². The zero-order chi connectivity index (χ0) is 23.5. The number of non-ortho nitro benzene ring substituents is 1. The number of ether oxygens (including phenoxy) is 3. The fourth-order valence-electron chi connectivity index (χ4n) is 3.42. The Bertz CT molecular complexity index is 1220. The molecule has 9 heteroatoms. The standard InChI is InChI=1S/C23H23NO7S/c1-15-5-11-18(12-6-15)32(27,28)23(16-7-9-17(10-8-16)24(25)26)19-13-21(30-3)22(31-4)14-20(19)29-2/h5-14,23H,1-4H3. The Kier molecular flexibility index (Phi) is 6.69. The fraction of sp³-hybridized carbons (Fsp3) is 0.217. The van der Waals surface area contributed by atoms with Crippen LogP contribution in [0.3, 0.4) is 0 Å². The van der Waals surface area contributed by atoms with Crippen molar-refractivity contribution in [2.24, 2.45) is 0 Å². The van der Waals surface area contributed by atoms with Gasteiger partial charge in [-0.3, -0.25) is 10.1 Å². The van der Waals surface area contributed by atoms with E-state index in [9.17, 15) is 18.5 Å². The third kappa shape index (κ3) is 4.38. The van der Waals surface area contributed by atoms with E-state index in [1.807, 2.05) is 6.92 Å². The average molecular weight is 458 g/mol. The molecule has 0 aliphatic heterocycles. The molecule has 1 atom stereocenters. The van der Waals surface area contributed by atoms with Gasteiger partial charge in [-0.05, 0) is 30.7 Å². The summed E-state index contributed by atoms with van der Waals surface area (Å²) in [6.45, 7) is 1.86. The number of hydrogen-bond donors (Lipinski definition) is 0. The van der Waals surface area contributed by atoms with Gasteiger partial charge in [0.2, 0.25) is 0 Å². The largest absolute Gasteiger partial charge is 0.496 e. The molecule has 0 aromatic heterocycles. The third-order valence-electron chi connectivity index (χ3n) is 5.08. The summed E-state index contributed by atoms with van der Waals surface area (Å²) >= 11 is 0. The summed E-state index contributed by atoms with van der Waals surface area (Å²) in [6.07, 6.45) is 0. The van der Waals surface area contributed by atoms with Crippen LogP contribution in [0.1, 0.15) is 21.9 Å². The van der Waals surface area contributed by atoms with Gasteiger partial charge in [0.1, 0.15) is 11.0 Å². The van der Waals surface area contributed by atoms with Gasteiger partial charge in [0.05, 0.1) is 31.1 Å². The van der Waals surface area contributed by atoms with E-state index in [-0.39, 0.29) is 16.3 Å². The molecule has 0 bridgehead atoms. The summed E-state index contributed by atoms with van der Waals surface area (Å²) in [5.41, 5.74) is 1.44. The van der Waals surface area contributed by atoms with E-state index < -0.39 is 20.0 Å². The molecule has 0 N–H and O–H groups in total. The summed E-state index contributed by atoms with van der Waals surface area (Å²) in [7, 11) is 0.360. The minimum atomic E-state index is -3.98. The molecule has 0 radical (unpaired) electrons. The maximum atomic E-state index is 13.8. The minimum Gasteiger partial charge on any atom is -0.496 e. The number of hydrogen-bond acceptors (Lipinski definition) is 7. The molecule has 3 aromatic rings. The molecule has 0 fully saturated rings.